The maximum Gasteiger partial charge on any atom is 0.345 e. The second kappa shape index (κ2) is 7.65. The van der Waals surface area contributed by atoms with Gasteiger partial charge in [0.25, 0.3) is 5.91 Å². The van der Waals surface area contributed by atoms with Gasteiger partial charge in [0.1, 0.15) is 11.5 Å². The molecule has 1 aromatic heterocycles. The minimum absolute atomic E-state index is 0.223. The van der Waals surface area contributed by atoms with Crippen molar-refractivity contribution in [3.63, 3.8) is 0 Å². The Kier molecular flexibility index (Phi) is 5.58. The molecule has 9 nitrogen and oxygen atoms in total. The molecule has 0 fully saturated rings. The van der Waals surface area contributed by atoms with E-state index in [1.165, 1.54) is 13.2 Å². The lowest BCUT2D eigenvalue weighted by Crippen LogP contribution is -2.31. The Labute approximate surface area is 144 Å². The second-order valence-corrected chi connectivity index (χ2v) is 5.46. The van der Waals surface area contributed by atoms with E-state index in [4.69, 9.17) is 9.47 Å². The van der Waals surface area contributed by atoms with E-state index in [2.05, 4.69) is 10.4 Å². The molecule has 2 aromatic rings. The van der Waals surface area contributed by atoms with E-state index in [9.17, 15) is 14.9 Å². The van der Waals surface area contributed by atoms with Gasteiger partial charge in [-0.3, -0.25) is 4.79 Å². The lowest BCUT2D eigenvalue weighted by molar-refractivity contribution is -0.392. The Hall–Kier alpha value is -3.10. The second-order valence-electron chi connectivity index (χ2n) is 5.46. The fourth-order valence-corrected chi connectivity index (χ4v) is 2.47. The third-order valence-electron chi connectivity index (χ3n) is 3.64. The highest BCUT2D eigenvalue weighted by Gasteiger charge is 2.21. The van der Waals surface area contributed by atoms with E-state index < -0.39 is 10.8 Å². The summed E-state index contributed by atoms with van der Waals surface area (Å²) in [6.45, 7) is 3.17. The van der Waals surface area contributed by atoms with Crippen LogP contribution in [0.5, 0.6) is 11.5 Å². The third-order valence-corrected chi connectivity index (χ3v) is 3.64. The third kappa shape index (κ3) is 4.25. The molecule has 1 heterocycles. The van der Waals surface area contributed by atoms with Crippen LogP contribution in [0.1, 0.15) is 24.2 Å². The topological polar surface area (TPSA) is 109 Å². The number of nitrogens with one attached hydrogen (secondary N) is 1. The zero-order chi connectivity index (χ0) is 18.6. The summed E-state index contributed by atoms with van der Waals surface area (Å²) in [6, 6.07) is 6.21. The molecule has 1 amide bonds. The Morgan fingerprint density at radius 1 is 1.36 bits per heavy atom. The van der Waals surface area contributed by atoms with Crippen LogP contribution in [0, 0.1) is 17.0 Å². The predicted octanol–water partition coefficient (Wildman–Crippen LogP) is 1.99. The van der Waals surface area contributed by atoms with E-state index in [1.54, 1.807) is 39.2 Å². The molecular weight excluding hydrogens is 328 g/mol. The first-order valence-electron chi connectivity index (χ1n) is 7.55. The van der Waals surface area contributed by atoms with Crippen molar-refractivity contribution in [1.82, 2.24) is 15.1 Å². The fraction of sp³-hybridized carbons (Fsp3) is 0.375. The molecule has 0 bridgehead atoms. The molecule has 0 spiro atoms. The van der Waals surface area contributed by atoms with Gasteiger partial charge in [0.2, 0.25) is 0 Å². The number of benzene rings is 1. The Morgan fingerprint density at radius 2 is 2.08 bits per heavy atom. The molecule has 0 saturated heterocycles. The van der Waals surface area contributed by atoms with E-state index >= 15 is 0 Å². The normalized spacial score (nSPS) is 11.7. The van der Waals surface area contributed by atoms with Crippen molar-refractivity contribution in [2.45, 2.75) is 26.4 Å². The van der Waals surface area contributed by atoms with Crippen LogP contribution < -0.4 is 14.8 Å². The lowest BCUT2D eigenvalue weighted by atomic mass is 10.1. The molecule has 25 heavy (non-hydrogen) atoms. The minimum Gasteiger partial charge on any atom is -0.497 e. The van der Waals surface area contributed by atoms with E-state index in [0.29, 0.717) is 17.2 Å². The number of hydrogen-bond donors (Lipinski definition) is 1. The average molecular weight is 348 g/mol. The molecule has 2 rings (SSSR count). The van der Waals surface area contributed by atoms with Gasteiger partial charge in [0.15, 0.2) is 6.54 Å². The van der Waals surface area contributed by atoms with E-state index in [0.717, 1.165) is 10.2 Å². The van der Waals surface area contributed by atoms with E-state index in [1.807, 2.05) is 0 Å². The number of carbonyl (C=O) groups is 1. The van der Waals surface area contributed by atoms with Crippen LogP contribution in [0.25, 0.3) is 0 Å². The number of carbonyl (C=O) groups excluding carboxylic acids is 1. The number of hydrogen-bond acceptors (Lipinski definition) is 6. The van der Waals surface area contributed by atoms with Gasteiger partial charge in [-0.15, -0.1) is 4.68 Å². The van der Waals surface area contributed by atoms with Crippen LogP contribution in [0.4, 0.5) is 5.82 Å². The highest BCUT2D eigenvalue weighted by Crippen LogP contribution is 2.29. The first-order valence-corrected chi connectivity index (χ1v) is 7.55. The monoisotopic (exact) mass is 348 g/mol. The van der Waals surface area contributed by atoms with E-state index in [-0.39, 0.29) is 18.4 Å². The molecule has 1 N–H and O–H groups in total. The van der Waals surface area contributed by atoms with Crippen molar-refractivity contribution in [2.75, 3.05) is 14.2 Å². The molecule has 0 aliphatic carbocycles. The number of amides is 1. The zero-order valence-corrected chi connectivity index (χ0v) is 14.5. The van der Waals surface area contributed by atoms with Crippen molar-refractivity contribution in [2.24, 2.45) is 0 Å². The molecule has 134 valence electrons. The van der Waals surface area contributed by atoms with Crippen molar-refractivity contribution in [1.29, 1.82) is 0 Å². The standard InChI is InChI=1S/C16H20N4O5/c1-10-7-16(20(22)23)19(18-10)9-15(21)17-11(2)13-8-12(24-3)5-6-14(13)25-4/h5-8,11H,9H2,1-4H3,(H,17,21). The van der Waals surface area contributed by atoms with Crippen LogP contribution >= 0.6 is 0 Å². The Balaban J connectivity index is 2.14. The summed E-state index contributed by atoms with van der Waals surface area (Å²) < 4.78 is 11.6. The molecule has 9 heteroatoms. The molecule has 1 unspecified atom stereocenters. The number of methoxy groups -OCH3 is 2. The Morgan fingerprint density at radius 3 is 2.68 bits per heavy atom. The van der Waals surface area contributed by atoms with Gasteiger partial charge < -0.3 is 24.9 Å². The van der Waals surface area contributed by atoms with Crippen molar-refractivity contribution < 1.29 is 19.2 Å². The maximum atomic E-state index is 12.3. The van der Waals surface area contributed by atoms with Crippen LogP contribution in [0.2, 0.25) is 0 Å². The molecule has 0 aliphatic heterocycles. The van der Waals surface area contributed by atoms with Gasteiger partial charge in [0.05, 0.1) is 32.0 Å². The number of aromatic nitrogens is 2. The average Bonchev–Trinajstić information content (AvgIpc) is 2.94. The summed E-state index contributed by atoms with van der Waals surface area (Å²) in [4.78, 5) is 22.7. The SMILES string of the molecule is COc1ccc(OC)c(C(C)NC(=O)Cn2nc(C)cc2[N+](=O)[O-])c1. The summed E-state index contributed by atoms with van der Waals surface area (Å²) in [5, 5.41) is 17.8. The molecule has 1 atom stereocenters. The summed E-state index contributed by atoms with van der Waals surface area (Å²) in [7, 11) is 3.09. The lowest BCUT2D eigenvalue weighted by Gasteiger charge is -2.17. The number of aryl methyl sites for hydroxylation is 1. The van der Waals surface area contributed by atoms with Crippen LogP contribution in [0.3, 0.4) is 0 Å². The van der Waals surface area contributed by atoms with Gasteiger partial charge in [-0.2, -0.15) is 0 Å². The van der Waals surface area contributed by atoms with Gasteiger partial charge in [-0.05, 0) is 37.0 Å². The quantitative estimate of drug-likeness (QED) is 0.605. The number of nitrogens with zero attached hydrogens (tertiary/aromatic N) is 3. The summed E-state index contributed by atoms with van der Waals surface area (Å²) >= 11 is 0. The molecule has 0 aliphatic rings. The summed E-state index contributed by atoms with van der Waals surface area (Å²) in [6.07, 6.45) is 0. The van der Waals surface area contributed by atoms with Gasteiger partial charge in [0, 0.05) is 5.56 Å². The Bertz CT molecular complexity index is 787. The maximum absolute atomic E-state index is 12.3. The molecule has 0 saturated carbocycles. The molecular formula is C16H20N4O5. The number of rotatable bonds is 7. The molecule has 0 radical (unpaired) electrons. The van der Waals surface area contributed by atoms with Crippen molar-refractivity contribution in [3.8, 4) is 11.5 Å². The van der Waals surface area contributed by atoms with Crippen LogP contribution in [-0.4, -0.2) is 34.8 Å². The highest BCUT2D eigenvalue weighted by atomic mass is 16.6. The zero-order valence-electron chi connectivity index (χ0n) is 14.5. The van der Waals surface area contributed by atoms with Gasteiger partial charge >= 0.3 is 5.82 Å². The van der Waals surface area contributed by atoms with Crippen molar-refractivity contribution >= 4 is 11.7 Å². The summed E-state index contributed by atoms with van der Waals surface area (Å²) in [5.41, 5.74) is 1.21. The first kappa shape index (κ1) is 18.2. The number of nitro groups is 1. The highest BCUT2D eigenvalue weighted by molar-refractivity contribution is 5.76. The first-order chi connectivity index (χ1) is 11.8. The van der Waals surface area contributed by atoms with Crippen LogP contribution in [-0.2, 0) is 11.3 Å². The fourth-order valence-electron chi connectivity index (χ4n) is 2.47. The van der Waals surface area contributed by atoms with Gasteiger partial charge in [-0.1, -0.05) is 5.10 Å². The van der Waals surface area contributed by atoms with Crippen LogP contribution in [0.15, 0.2) is 24.3 Å². The summed E-state index contributed by atoms with van der Waals surface area (Å²) in [5.74, 6) is 0.618. The van der Waals surface area contributed by atoms with Crippen molar-refractivity contribution in [3.05, 3.63) is 45.6 Å². The smallest absolute Gasteiger partial charge is 0.345 e. The molecule has 1 aromatic carbocycles. The predicted molar refractivity (Wildman–Crippen MR) is 89.7 cm³/mol. The van der Waals surface area contributed by atoms with Gasteiger partial charge in [-0.25, -0.2) is 0 Å². The number of ether oxygens (including phenoxy) is 2. The minimum atomic E-state index is -0.568. The largest absolute Gasteiger partial charge is 0.497 e.